The SMILES string of the molecule is CCOc1cccc2c1[nH]c(=S)n2Cc1ncc(CC)o1. The van der Waals surface area contributed by atoms with Gasteiger partial charge in [0.2, 0.25) is 5.89 Å². The fourth-order valence-corrected chi connectivity index (χ4v) is 2.57. The van der Waals surface area contributed by atoms with Gasteiger partial charge in [0.25, 0.3) is 0 Å². The molecular weight excluding hydrogens is 286 g/mol. The highest BCUT2D eigenvalue weighted by Crippen LogP contribution is 2.25. The molecule has 0 atom stereocenters. The van der Waals surface area contributed by atoms with Crippen LogP contribution in [0.4, 0.5) is 0 Å². The van der Waals surface area contributed by atoms with Crippen molar-refractivity contribution < 1.29 is 9.15 Å². The van der Waals surface area contributed by atoms with E-state index in [2.05, 4.69) is 9.97 Å². The van der Waals surface area contributed by atoms with Crippen molar-refractivity contribution in [3.8, 4) is 5.75 Å². The lowest BCUT2D eigenvalue weighted by atomic mass is 10.3. The number of benzene rings is 1. The standard InChI is InChI=1S/C15H17N3O2S/c1-3-10-8-16-13(20-10)9-18-11-6-5-7-12(19-4-2)14(11)17-15(18)21/h5-8H,3-4,9H2,1-2H3,(H,17,21). The summed E-state index contributed by atoms with van der Waals surface area (Å²) in [6, 6.07) is 5.90. The molecule has 2 aromatic heterocycles. The third-order valence-corrected chi connectivity index (χ3v) is 3.64. The maximum atomic E-state index is 5.66. The van der Waals surface area contributed by atoms with Crippen LogP contribution in [0.1, 0.15) is 25.5 Å². The van der Waals surface area contributed by atoms with Gasteiger partial charge in [0.05, 0.1) is 18.3 Å². The summed E-state index contributed by atoms with van der Waals surface area (Å²) in [4.78, 5) is 7.49. The number of aromatic nitrogens is 3. The number of nitrogens with one attached hydrogen (secondary N) is 1. The van der Waals surface area contributed by atoms with Crippen LogP contribution < -0.4 is 4.74 Å². The third-order valence-electron chi connectivity index (χ3n) is 3.32. The van der Waals surface area contributed by atoms with E-state index < -0.39 is 0 Å². The zero-order valence-electron chi connectivity index (χ0n) is 12.0. The Hall–Kier alpha value is -2.08. The Morgan fingerprint density at radius 1 is 1.38 bits per heavy atom. The van der Waals surface area contributed by atoms with Crippen LogP contribution in [0.2, 0.25) is 0 Å². The van der Waals surface area contributed by atoms with Gasteiger partial charge in [-0.05, 0) is 31.3 Å². The van der Waals surface area contributed by atoms with E-state index in [1.807, 2.05) is 36.6 Å². The van der Waals surface area contributed by atoms with Crippen molar-refractivity contribution in [2.45, 2.75) is 26.8 Å². The molecule has 0 aliphatic carbocycles. The average molecular weight is 303 g/mol. The van der Waals surface area contributed by atoms with Crippen LogP contribution in [0.25, 0.3) is 11.0 Å². The highest BCUT2D eigenvalue weighted by molar-refractivity contribution is 7.71. The van der Waals surface area contributed by atoms with E-state index in [1.54, 1.807) is 6.20 Å². The summed E-state index contributed by atoms with van der Waals surface area (Å²) >= 11 is 5.41. The number of fused-ring (bicyclic) bond motifs is 1. The molecule has 0 radical (unpaired) electrons. The number of imidazole rings is 1. The topological polar surface area (TPSA) is 56.0 Å². The van der Waals surface area contributed by atoms with Crippen LogP contribution in [-0.2, 0) is 13.0 Å². The fraction of sp³-hybridized carbons (Fsp3) is 0.333. The first-order valence-corrected chi connectivity index (χ1v) is 7.41. The highest BCUT2D eigenvalue weighted by Gasteiger charge is 2.11. The zero-order valence-corrected chi connectivity index (χ0v) is 12.9. The van der Waals surface area contributed by atoms with Gasteiger partial charge in [0.1, 0.15) is 23.6 Å². The molecule has 5 nitrogen and oxygen atoms in total. The van der Waals surface area contributed by atoms with Gasteiger partial charge < -0.3 is 18.7 Å². The van der Waals surface area contributed by atoms with E-state index in [4.69, 9.17) is 21.4 Å². The first kappa shape index (κ1) is 13.9. The summed E-state index contributed by atoms with van der Waals surface area (Å²) in [6.45, 7) is 5.12. The molecule has 0 saturated carbocycles. The maximum absolute atomic E-state index is 5.66. The zero-order chi connectivity index (χ0) is 14.8. The van der Waals surface area contributed by atoms with Gasteiger partial charge in [-0.25, -0.2) is 4.98 Å². The molecular formula is C15H17N3O2S. The molecule has 0 spiro atoms. The van der Waals surface area contributed by atoms with Crippen LogP contribution in [0.3, 0.4) is 0 Å². The van der Waals surface area contributed by atoms with Gasteiger partial charge in [-0.2, -0.15) is 0 Å². The summed E-state index contributed by atoms with van der Waals surface area (Å²) in [7, 11) is 0. The van der Waals surface area contributed by atoms with Gasteiger partial charge in [0, 0.05) is 6.42 Å². The van der Waals surface area contributed by atoms with Crippen molar-refractivity contribution in [3.05, 3.63) is 40.8 Å². The average Bonchev–Trinajstić information content (AvgIpc) is 3.06. The molecule has 0 amide bonds. The first-order valence-electron chi connectivity index (χ1n) is 7.00. The minimum absolute atomic E-state index is 0.508. The molecule has 21 heavy (non-hydrogen) atoms. The maximum Gasteiger partial charge on any atom is 0.214 e. The summed E-state index contributed by atoms with van der Waals surface area (Å²) in [5, 5.41) is 0. The highest BCUT2D eigenvalue weighted by atomic mass is 32.1. The molecule has 3 rings (SSSR count). The van der Waals surface area contributed by atoms with E-state index in [1.165, 1.54) is 0 Å². The molecule has 110 valence electrons. The Kier molecular flexibility index (Phi) is 3.79. The quantitative estimate of drug-likeness (QED) is 0.730. The van der Waals surface area contributed by atoms with Crippen molar-refractivity contribution in [2.24, 2.45) is 0 Å². The number of aromatic amines is 1. The second kappa shape index (κ2) is 5.73. The number of hydrogen-bond acceptors (Lipinski definition) is 4. The van der Waals surface area contributed by atoms with Crippen LogP contribution in [0, 0.1) is 4.77 Å². The normalized spacial score (nSPS) is 11.1. The molecule has 0 unspecified atom stereocenters. The molecule has 0 bridgehead atoms. The Bertz CT molecular complexity index is 816. The monoisotopic (exact) mass is 303 g/mol. The predicted molar refractivity (Wildman–Crippen MR) is 83.3 cm³/mol. The number of rotatable bonds is 5. The van der Waals surface area contributed by atoms with Crippen molar-refractivity contribution in [1.29, 1.82) is 0 Å². The minimum atomic E-state index is 0.508. The van der Waals surface area contributed by atoms with Crippen molar-refractivity contribution in [2.75, 3.05) is 6.61 Å². The summed E-state index contributed by atoms with van der Waals surface area (Å²) in [5.74, 6) is 2.35. The molecule has 6 heteroatoms. The molecule has 2 heterocycles. The Morgan fingerprint density at radius 2 is 2.24 bits per heavy atom. The van der Waals surface area contributed by atoms with Crippen LogP contribution >= 0.6 is 12.2 Å². The Labute approximate surface area is 127 Å². The molecule has 1 aromatic carbocycles. The second-order valence-corrected chi connectivity index (χ2v) is 5.06. The van der Waals surface area contributed by atoms with Crippen LogP contribution in [0.5, 0.6) is 5.75 Å². The lowest BCUT2D eigenvalue weighted by Gasteiger charge is -2.05. The smallest absolute Gasteiger partial charge is 0.214 e. The van der Waals surface area contributed by atoms with Crippen LogP contribution in [-0.4, -0.2) is 21.1 Å². The van der Waals surface area contributed by atoms with E-state index in [9.17, 15) is 0 Å². The number of H-pyrrole nitrogens is 1. The summed E-state index contributed by atoms with van der Waals surface area (Å²) in [5.41, 5.74) is 1.90. The van der Waals surface area contributed by atoms with E-state index in [0.29, 0.717) is 23.8 Å². The molecule has 1 N–H and O–H groups in total. The van der Waals surface area contributed by atoms with Crippen LogP contribution in [0.15, 0.2) is 28.8 Å². The number of para-hydroxylation sites is 1. The van der Waals surface area contributed by atoms with E-state index in [-0.39, 0.29) is 0 Å². The number of hydrogen-bond donors (Lipinski definition) is 1. The number of oxazole rings is 1. The number of aryl methyl sites for hydroxylation is 1. The van der Waals surface area contributed by atoms with Gasteiger partial charge in [-0.3, -0.25) is 0 Å². The van der Waals surface area contributed by atoms with Gasteiger partial charge in [-0.15, -0.1) is 0 Å². The van der Waals surface area contributed by atoms with E-state index in [0.717, 1.165) is 29.0 Å². The Morgan fingerprint density at radius 3 is 2.95 bits per heavy atom. The third kappa shape index (κ3) is 2.58. The number of ether oxygens (including phenoxy) is 1. The fourth-order valence-electron chi connectivity index (χ4n) is 2.31. The van der Waals surface area contributed by atoms with E-state index >= 15 is 0 Å². The predicted octanol–water partition coefficient (Wildman–Crippen LogP) is 3.70. The summed E-state index contributed by atoms with van der Waals surface area (Å²) < 4.78 is 13.9. The molecule has 0 aliphatic rings. The largest absolute Gasteiger partial charge is 0.492 e. The molecule has 0 fully saturated rings. The lowest BCUT2D eigenvalue weighted by Crippen LogP contribution is -2.00. The minimum Gasteiger partial charge on any atom is -0.492 e. The second-order valence-electron chi connectivity index (χ2n) is 4.67. The molecule has 0 aliphatic heterocycles. The molecule has 0 saturated heterocycles. The molecule has 3 aromatic rings. The summed E-state index contributed by atoms with van der Waals surface area (Å²) in [6.07, 6.45) is 2.60. The first-order chi connectivity index (χ1) is 10.2. The van der Waals surface area contributed by atoms with Gasteiger partial charge in [0.15, 0.2) is 4.77 Å². The van der Waals surface area contributed by atoms with Gasteiger partial charge >= 0.3 is 0 Å². The van der Waals surface area contributed by atoms with Crippen molar-refractivity contribution in [1.82, 2.24) is 14.5 Å². The lowest BCUT2D eigenvalue weighted by molar-refractivity contribution is 0.343. The number of nitrogens with zero attached hydrogens (tertiary/aromatic N) is 2. The Balaban J connectivity index is 2.04. The van der Waals surface area contributed by atoms with Gasteiger partial charge in [-0.1, -0.05) is 13.0 Å². The van der Waals surface area contributed by atoms with Crippen molar-refractivity contribution >= 4 is 23.3 Å². The van der Waals surface area contributed by atoms with Crippen molar-refractivity contribution in [3.63, 3.8) is 0 Å².